The number of hydrogen-bond acceptors (Lipinski definition) is 3. The number of halogens is 3. The smallest absolute Gasteiger partial charge is 0.389 e. The number of alkyl halides is 3. The van der Waals surface area contributed by atoms with Crippen molar-refractivity contribution in [1.29, 1.82) is 0 Å². The van der Waals surface area contributed by atoms with Crippen molar-refractivity contribution in [3.63, 3.8) is 0 Å². The van der Waals surface area contributed by atoms with E-state index >= 15 is 0 Å². The molecule has 0 aromatic heterocycles. The van der Waals surface area contributed by atoms with Crippen molar-refractivity contribution in [2.24, 2.45) is 5.92 Å². The predicted octanol–water partition coefficient (Wildman–Crippen LogP) is 1.60. The molecule has 2 aliphatic rings. The molecular formula is C11H16F3NO4S. The Morgan fingerprint density at radius 3 is 2.45 bits per heavy atom. The summed E-state index contributed by atoms with van der Waals surface area (Å²) in [6, 6.07) is -0.953. The third kappa shape index (κ3) is 3.08. The Kier molecular flexibility index (Phi) is 4.03. The molecule has 2 rings (SSSR count). The summed E-state index contributed by atoms with van der Waals surface area (Å²) in [6.45, 7) is 0. The monoisotopic (exact) mass is 315 g/mol. The third-order valence-corrected chi connectivity index (χ3v) is 5.99. The molecule has 0 spiro atoms. The maximum atomic E-state index is 12.1. The van der Waals surface area contributed by atoms with E-state index in [2.05, 4.69) is 0 Å². The van der Waals surface area contributed by atoms with Crippen molar-refractivity contribution in [3.05, 3.63) is 0 Å². The minimum Gasteiger partial charge on any atom is -0.481 e. The number of carboxylic acids is 1. The van der Waals surface area contributed by atoms with Crippen LogP contribution < -0.4 is 0 Å². The Morgan fingerprint density at radius 2 is 1.95 bits per heavy atom. The first-order chi connectivity index (χ1) is 9.12. The van der Waals surface area contributed by atoms with Crippen LogP contribution in [-0.4, -0.2) is 47.8 Å². The van der Waals surface area contributed by atoms with E-state index in [1.165, 1.54) is 0 Å². The second-order valence-corrected chi connectivity index (χ2v) is 7.34. The molecular weight excluding hydrogens is 299 g/mol. The lowest BCUT2D eigenvalue weighted by atomic mass is 9.89. The third-order valence-electron chi connectivity index (χ3n) is 3.97. The van der Waals surface area contributed by atoms with Gasteiger partial charge in [-0.2, -0.15) is 17.5 Å². The molecule has 0 aromatic rings. The van der Waals surface area contributed by atoms with Crippen LogP contribution in [0.4, 0.5) is 13.2 Å². The number of carboxylic acid groups (broad SMARTS) is 1. The molecule has 2 saturated heterocycles. The van der Waals surface area contributed by atoms with E-state index in [1.54, 1.807) is 0 Å². The molecule has 0 saturated carbocycles. The summed E-state index contributed by atoms with van der Waals surface area (Å²) in [6.07, 6.45) is -4.67. The fraction of sp³-hybridized carbons (Fsp3) is 0.909. The van der Waals surface area contributed by atoms with E-state index in [9.17, 15) is 26.4 Å². The van der Waals surface area contributed by atoms with Crippen LogP contribution in [0.1, 0.15) is 32.1 Å². The van der Waals surface area contributed by atoms with E-state index in [-0.39, 0.29) is 12.5 Å². The first kappa shape index (κ1) is 15.6. The summed E-state index contributed by atoms with van der Waals surface area (Å²) < 4.78 is 61.5. The van der Waals surface area contributed by atoms with E-state index < -0.39 is 52.7 Å². The van der Waals surface area contributed by atoms with Gasteiger partial charge in [0.15, 0.2) is 0 Å². The standard InChI is InChI=1S/C11H16F3NO4S/c12-11(13,14)4-1-5-20(18,19)15-7-2-3-9(15)8(6-7)10(16)17/h7-9H,1-6H2,(H,16,17). The minimum absolute atomic E-state index is 0.262. The van der Waals surface area contributed by atoms with Crippen molar-refractivity contribution in [1.82, 2.24) is 4.31 Å². The van der Waals surface area contributed by atoms with Crippen molar-refractivity contribution < 1.29 is 31.5 Å². The molecule has 9 heteroatoms. The van der Waals surface area contributed by atoms with Crippen LogP contribution >= 0.6 is 0 Å². The number of rotatable bonds is 5. The van der Waals surface area contributed by atoms with E-state index in [1.807, 2.05) is 0 Å². The lowest BCUT2D eigenvalue weighted by Gasteiger charge is -2.22. The highest BCUT2D eigenvalue weighted by molar-refractivity contribution is 7.89. The molecule has 20 heavy (non-hydrogen) atoms. The number of carbonyl (C=O) groups is 1. The highest BCUT2D eigenvalue weighted by Crippen LogP contribution is 2.43. The number of hydrogen-bond donors (Lipinski definition) is 1. The molecule has 3 atom stereocenters. The Labute approximate surface area is 114 Å². The van der Waals surface area contributed by atoms with Gasteiger partial charge in [-0.1, -0.05) is 0 Å². The Morgan fingerprint density at radius 1 is 1.30 bits per heavy atom. The first-order valence-corrected chi connectivity index (χ1v) is 8.03. The van der Waals surface area contributed by atoms with E-state index in [4.69, 9.17) is 5.11 Å². The van der Waals surface area contributed by atoms with Crippen LogP contribution in [0, 0.1) is 5.92 Å². The largest absolute Gasteiger partial charge is 0.481 e. The number of fused-ring (bicyclic) bond motifs is 2. The molecule has 116 valence electrons. The maximum Gasteiger partial charge on any atom is 0.389 e. The van der Waals surface area contributed by atoms with Gasteiger partial charge >= 0.3 is 12.1 Å². The predicted molar refractivity (Wildman–Crippen MR) is 63.5 cm³/mol. The second-order valence-electron chi connectivity index (χ2n) is 5.34. The highest BCUT2D eigenvalue weighted by Gasteiger charge is 2.53. The lowest BCUT2D eigenvalue weighted by Crippen LogP contribution is -2.39. The summed E-state index contributed by atoms with van der Waals surface area (Å²) in [4.78, 5) is 11.0. The molecule has 0 radical (unpaired) electrons. The van der Waals surface area contributed by atoms with Crippen molar-refractivity contribution in [3.8, 4) is 0 Å². The number of sulfonamides is 1. The summed E-state index contributed by atoms with van der Waals surface area (Å²) in [7, 11) is -3.81. The quantitative estimate of drug-likeness (QED) is 0.836. The van der Waals surface area contributed by atoms with Crippen LogP contribution in [0.3, 0.4) is 0 Å². The Hall–Kier alpha value is -0.830. The molecule has 2 bridgehead atoms. The van der Waals surface area contributed by atoms with Crippen LogP contribution in [0.5, 0.6) is 0 Å². The minimum atomic E-state index is -4.37. The van der Waals surface area contributed by atoms with Gasteiger partial charge in [-0.3, -0.25) is 4.79 Å². The van der Waals surface area contributed by atoms with Crippen LogP contribution in [0.2, 0.25) is 0 Å². The van der Waals surface area contributed by atoms with Crippen molar-refractivity contribution >= 4 is 16.0 Å². The molecule has 2 fully saturated rings. The van der Waals surface area contributed by atoms with Gasteiger partial charge in [0.1, 0.15) is 0 Å². The fourth-order valence-corrected chi connectivity index (χ4v) is 5.23. The second kappa shape index (κ2) is 5.18. The maximum absolute atomic E-state index is 12.1. The Bertz CT molecular complexity index is 490. The van der Waals surface area contributed by atoms with Gasteiger partial charge in [-0.05, 0) is 25.7 Å². The zero-order chi connectivity index (χ0) is 15.1. The zero-order valence-electron chi connectivity index (χ0n) is 10.6. The van der Waals surface area contributed by atoms with Gasteiger partial charge in [0.25, 0.3) is 0 Å². The summed E-state index contributed by atoms with van der Waals surface area (Å²) in [5.74, 6) is -2.34. The molecule has 0 aliphatic carbocycles. The Balaban J connectivity index is 2.02. The molecule has 5 nitrogen and oxygen atoms in total. The average molecular weight is 315 g/mol. The lowest BCUT2D eigenvalue weighted by molar-refractivity contribution is -0.142. The van der Waals surface area contributed by atoms with Gasteiger partial charge in [0, 0.05) is 18.5 Å². The summed E-state index contributed by atoms with van der Waals surface area (Å²) >= 11 is 0. The summed E-state index contributed by atoms with van der Waals surface area (Å²) in [5, 5.41) is 9.03. The first-order valence-electron chi connectivity index (χ1n) is 6.42. The van der Waals surface area contributed by atoms with Crippen molar-refractivity contribution in [2.45, 2.75) is 50.4 Å². The van der Waals surface area contributed by atoms with Crippen LogP contribution in [0.25, 0.3) is 0 Å². The van der Waals surface area contributed by atoms with E-state index in [0.29, 0.717) is 12.8 Å². The molecule has 0 aromatic carbocycles. The van der Waals surface area contributed by atoms with Crippen LogP contribution in [-0.2, 0) is 14.8 Å². The van der Waals surface area contributed by atoms with Gasteiger partial charge in [0.2, 0.25) is 10.0 Å². The number of nitrogens with zero attached hydrogens (tertiary/aromatic N) is 1. The topological polar surface area (TPSA) is 74.7 Å². The van der Waals surface area contributed by atoms with Crippen molar-refractivity contribution in [2.75, 3.05) is 5.75 Å². The SMILES string of the molecule is O=C(O)C1CC2CCC1N2S(=O)(=O)CCCC(F)(F)F. The highest BCUT2D eigenvalue weighted by atomic mass is 32.2. The molecule has 1 N–H and O–H groups in total. The van der Waals surface area contributed by atoms with E-state index in [0.717, 1.165) is 4.31 Å². The zero-order valence-corrected chi connectivity index (χ0v) is 11.5. The number of aliphatic carboxylic acids is 1. The molecule has 0 amide bonds. The molecule has 2 aliphatic heterocycles. The fourth-order valence-electron chi connectivity index (χ4n) is 3.20. The normalized spacial score (nSPS) is 30.9. The summed E-state index contributed by atoms with van der Waals surface area (Å²) in [5.41, 5.74) is 0. The average Bonchev–Trinajstić information content (AvgIpc) is 2.83. The van der Waals surface area contributed by atoms with Gasteiger partial charge in [-0.15, -0.1) is 0 Å². The van der Waals surface area contributed by atoms with Gasteiger partial charge < -0.3 is 5.11 Å². The molecule has 3 unspecified atom stereocenters. The van der Waals surface area contributed by atoms with Gasteiger partial charge in [-0.25, -0.2) is 8.42 Å². The molecule has 2 heterocycles. The van der Waals surface area contributed by atoms with Gasteiger partial charge in [0.05, 0.1) is 11.7 Å². The van der Waals surface area contributed by atoms with Crippen LogP contribution in [0.15, 0.2) is 0 Å².